The third-order valence-corrected chi connectivity index (χ3v) is 3.03. The highest BCUT2D eigenvalue weighted by atomic mass is 16.5. The van der Waals surface area contributed by atoms with E-state index in [-0.39, 0.29) is 0 Å². The molecule has 3 rings (SSSR count). The van der Waals surface area contributed by atoms with E-state index in [4.69, 9.17) is 10.00 Å². The van der Waals surface area contributed by atoms with Crippen molar-refractivity contribution in [1.29, 1.82) is 5.26 Å². The molecular weight excluding hydrogens is 240 g/mol. The van der Waals surface area contributed by atoms with Gasteiger partial charge in [0.2, 0.25) is 0 Å². The molecule has 2 aromatic rings. The van der Waals surface area contributed by atoms with Gasteiger partial charge in [-0.15, -0.1) is 0 Å². The molecule has 5 heteroatoms. The van der Waals surface area contributed by atoms with Crippen LogP contribution in [0.3, 0.4) is 0 Å². The number of nitriles is 1. The lowest BCUT2D eigenvalue weighted by atomic mass is 10.2. The van der Waals surface area contributed by atoms with Gasteiger partial charge in [-0.3, -0.25) is 0 Å². The quantitative estimate of drug-likeness (QED) is 0.773. The maximum absolute atomic E-state index is 8.73. The summed E-state index contributed by atoms with van der Waals surface area (Å²) in [6.45, 7) is 2.09. The molecule has 2 heterocycles. The highest BCUT2D eigenvalue weighted by Crippen LogP contribution is 2.24. The summed E-state index contributed by atoms with van der Waals surface area (Å²) in [5.74, 6) is 1.69. The molecule has 1 aliphatic rings. The molecule has 5 nitrogen and oxygen atoms in total. The van der Waals surface area contributed by atoms with Crippen LogP contribution in [0, 0.1) is 11.3 Å². The Morgan fingerprint density at radius 3 is 2.89 bits per heavy atom. The Hall–Kier alpha value is -2.61. The van der Waals surface area contributed by atoms with Crippen molar-refractivity contribution in [2.24, 2.45) is 0 Å². The van der Waals surface area contributed by atoms with E-state index in [1.807, 2.05) is 30.3 Å². The average Bonchev–Trinajstić information content (AvgIpc) is 2.69. The Morgan fingerprint density at radius 2 is 2.11 bits per heavy atom. The molecule has 0 radical (unpaired) electrons. The van der Waals surface area contributed by atoms with E-state index >= 15 is 0 Å². The maximum Gasteiger partial charge on any atom is 0.158 e. The summed E-state index contributed by atoms with van der Waals surface area (Å²) in [6.07, 6.45) is 3.12. The molecule has 1 aliphatic heterocycles. The predicted molar refractivity (Wildman–Crippen MR) is 69.7 cm³/mol. The van der Waals surface area contributed by atoms with Crippen molar-refractivity contribution in [3.8, 4) is 11.8 Å². The van der Waals surface area contributed by atoms with Gasteiger partial charge in [-0.1, -0.05) is 18.2 Å². The molecule has 19 heavy (non-hydrogen) atoms. The molecule has 94 valence electrons. The van der Waals surface area contributed by atoms with Crippen LogP contribution in [0.25, 0.3) is 0 Å². The van der Waals surface area contributed by atoms with E-state index in [0.717, 1.165) is 30.2 Å². The number of anilines is 1. The molecule has 0 saturated carbocycles. The third kappa shape index (κ3) is 2.33. The summed E-state index contributed by atoms with van der Waals surface area (Å²) >= 11 is 0. The van der Waals surface area contributed by atoms with E-state index in [1.165, 1.54) is 6.20 Å². The minimum Gasteiger partial charge on any atom is -0.491 e. The van der Waals surface area contributed by atoms with Crippen LogP contribution >= 0.6 is 0 Å². The topological polar surface area (TPSA) is 62.0 Å². The number of aromatic nitrogens is 2. The van der Waals surface area contributed by atoms with E-state index < -0.39 is 0 Å². The standard InChI is InChI=1S/C14H12N4O/c15-7-12-8-17-14(9-16-12)18-5-6-19-13-4-2-1-3-11(13)10-18/h1-4,8-9H,5-6,10H2. The highest BCUT2D eigenvalue weighted by Gasteiger charge is 2.16. The van der Waals surface area contributed by atoms with Gasteiger partial charge < -0.3 is 9.64 Å². The minimum absolute atomic E-state index is 0.329. The summed E-state index contributed by atoms with van der Waals surface area (Å²) in [6, 6.07) is 9.95. The van der Waals surface area contributed by atoms with Gasteiger partial charge in [0.1, 0.15) is 24.2 Å². The summed E-state index contributed by atoms with van der Waals surface area (Å²) < 4.78 is 5.70. The van der Waals surface area contributed by atoms with Crippen LogP contribution in [0.2, 0.25) is 0 Å². The van der Waals surface area contributed by atoms with Gasteiger partial charge in [0.05, 0.1) is 18.9 Å². The Morgan fingerprint density at radius 1 is 1.21 bits per heavy atom. The van der Waals surface area contributed by atoms with Gasteiger partial charge in [-0.2, -0.15) is 5.26 Å². The van der Waals surface area contributed by atoms with Crippen LogP contribution in [0.1, 0.15) is 11.3 Å². The van der Waals surface area contributed by atoms with Crippen LogP contribution in [0.15, 0.2) is 36.7 Å². The van der Waals surface area contributed by atoms with Gasteiger partial charge in [-0.05, 0) is 6.07 Å². The summed E-state index contributed by atoms with van der Waals surface area (Å²) in [5, 5.41) is 8.73. The van der Waals surface area contributed by atoms with E-state index in [9.17, 15) is 0 Å². The first-order chi connectivity index (χ1) is 9.36. The fourth-order valence-electron chi connectivity index (χ4n) is 2.06. The molecule has 0 N–H and O–H groups in total. The molecule has 1 aromatic heterocycles. The first-order valence-corrected chi connectivity index (χ1v) is 6.04. The average molecular weight is 252 g/mol. The lowest BCUT2D eigenvalue weighted by molar-refractivity contribution is 0.331. The van der Waals surface area contributed by atoms with Crippen LogP contribution in [0.4, 0.5) is 5.82 Å². The molecule has 0 aliphatic carbocycles. The fourth-order valence-corrected chi connectivity index (χ4v) is 2.06. The zero-order valence-electron chi connectivity index (χ0n) is 10.3. The van der Waals surface area contributed by atoms with Gasteiger partial charge in [0, 0.05) is 12.1 Å². The summed E-state index contributed by atoms with van der Waals surface area (Å²) in [7, 11) is 0. The van der Waals surface area contributed by atoms with E-state index in [1.54, 1.807) is 6.20 Å². The number of rotatable bonds is 1. The molecule has 0 unspecified atom stereocenters. The predicted octanol–water partition coefficient (Wildman–Crippen LogP) is 1.75. The molecule has 0 spiro atoms. The second-order valence-corrected chi connectivity index (χ2v) is 4.25. The van der Waals surface area contributed by atoms with E-state index in [0.29, 0.717) is 12.3 Å². The Labute approximate surface area is 111 Å². The molecule has 0 atom stereocenters. The normalized spacial score (nSPS) is 13.9. The summed E-state index contributed by atoms with van der Waals surface area (Å²) in [5.41, 5.74) is 1.46. The van der Waals surface area contributed by atoms with Gasteiger partial charge in [0.25, 0.3) is 0 Å². The minimum atomic E-state index is 0.329. The third-order valence-electron chi connectivity index (χ3n) is 3.03. The zero-order chi connectivity index (χ0) is 13.1. The van der Waals surface area contributed by atoms with Crippen LogP contribution in [0.5, 0.6) is 5.75 Å². The van der Waals surface area contributed by atoms with Crippen molar-refractivity contribution < 1.29 is 4.74 Å². The molecule has 0 saturated heterocycles. The second-order valence-electron chi connectivity index (χ2n) is 4.25. The number of hydrogen-bond donors (Lipinski definition) is 0. The fraction of sp³-hybridized carbons (Fsp3) is 0.214. The van der Waals surface area contributed by atoms with Crippen molar-refractivity contribution in [3.63, 3.8) is 0 Å². The van der Waals surface area contributed by atoms with Crippen molar-refractivity contribution in [1.82, 2.24) is 9.97 Å². The largest absolute Gasteiger partial charge is 0.491 e. The first kappa shape index (κ1) is 11.5. The van der Waals surface area contributed by atoms with Crippen LogP contribution in [-0.2, 0) is 6.54 Å². The Balaban J connectivity index is 1.88. The van der Waals surface area contributed by atoms with Gasteiger partial charge in [0.15, 0.2) is 5.69 Å². The first-order valence-electron chi connectivity index (χ1n) is 6.04. The maximum atomic E-state index is 8.73. The number of benzene rings is 1. The molecule has 0 bridgehead atoms. The number of fused-ring (bicyclic) bond motifs is 1. The number of para-hydroxylation sites is 1. The monoisotopic (exact) mass is 252 g/mol. The van der Waals surface area contributed by atoms with Crippen molar-refractivity contribution in [2.45, 2.75) is 6.54 Å². The number of nitrogens with zero attached hydrogens (tertiary/aromatic N) is 4. The second kappa shape index (κ2) is 4.94. The van der Waals surface area contributed by atoms with Crippen molar-refractivity contribution in [3.05, 3.63) is 47.9 Å². The smallest absolute Gasteiger partial charge is 0.158 e. The molecule has 0 amide bonds. The SMILES string of the molecule is N#Cc1cnc(N2CCOc3ccccc3C2)cn1. The van der Waals surface area contributed by atoms with Crippen LogP contribution < -0.4 is 9.64 Å². The molecular formula is C14H12N4O. The van der Waals surface area contributed by atoms with Crippen molar-refractivity contribution >= 4 is 5.82 Å². The Bertz CT molecular complexity index is 618. The highest BCUT2D eigenvalue weighted by molar-refractivity contribution is 5.43. The van der Waals surface area contributed by atoms with E-state index in [2.05, 4.69) is 14.9 Å². The molecule has 0 fully saturated rings. The summed E-state index contributed by atoms with van der Waals surface area (Å²) in [4.78, 5) is 10.4. The lowest BCUT2D eigenvalue weighted by Gasteiger charge is -2.20. The number of hydrogen-bond acceptors (Lipinski definition) is 5. The van der Waals surface area contributed by atoms with Crippen LogP contribution in [-0.4, -0.2) is 23.1 Å². The lowest BCUT2D eigenvalue weighted by Crippen LogP contribution is -2.26. The molecule has 1 aromatic carbocycles. The number of ether oxygens (including phenoxy) is 1. The van der Waals surface area contributed by atoms with Crippen molar-refractivity contribution in [2.75, 3.05) is 18.1 Å². The zero-order valence-corrected chi connectivity index (χ0v) is 10.3. The van der Waals surface area contributed by atoms with Gasteiger partial charge in [-0.25, -0.2) is 9.97 Å². The Kier molecular flexibility index (Phi) is 2.99. The van der Waals surface area contributed by atoms with Gasteiger partial charge >= 0.3 is 0 Å².